The van der Waals surface area contributed by atoms with Crippen molar-refractivity contribution in [1.29, 1.82) is 0 Å². The van der Waals surface area contributed by atoms with Gasteiger partial charge in [-0.15, -0.1) is 20.4 Å². The van der Waals surface area contributed by atoms with Crippen LogP contribution in [0.2, 0.25) is 0 Å². The quantitative estimate of drug-likeness (QED) is 0.189. The van der Waals surface area contributed by atoms with Crippen molar-refractivity contribution in [1.82, 2.24) is 30.3 Å². The fraction of sp³-hybridized carbons (Fsp3) is 0.143. The van der Waals surface area contributed by atoms with Crippen molar-refractivity contribution in [3.63, 3.8) is 0 Å². The Morgan fingerprint density at radius 3 is 2.44 bits per heavy atom. The molecule has 36 heavy (non-hydrogen) atoms. The Balaban J connectivity index is 1.49. The van der Waals surface area contributed by atoms with E-state index in [1.165, 1.54) is 59.9 Å². The summed E-state index contributed by atoms with van der Waals surface area (Å²) in [7, 11) is 0. The van der Waals surface area contributed by atoms with Crippen LogP contribution in [0.3, 0.4) is 0 Å². The Morgan fingerprint density at radius 1 is 1.08 bits per heavy atom. The summed E-state index contributed by atoms with van der Waals surface area (Å²) in [4.78, 5) is 35.1. The number of anilines is 1. The van der Waals surface area contributed by atoms with Crippen molar-refractivity contribution in [2.24, 2.45) is 0 Å². The van der Waals surface area contributed by atoms with Gasteiger partial charge in [0, 0.05) is 23.4 Å². The van der Waals surface area contributed by atoms with Gasteiger partial charge in [-0.3, -0.25) is 29.6 Å². The summed E-state index contributed by atoms with van der Waals surface area (Å²) < 4.78 is 15.1. The number of benzene rings is 2. The number of carbonyl (C=O) groups is 2. The van der Waals surface area contributed by atoms with Crippen LogP contribution in [0.5, 0.6) is 0 Å². The zero-order valence-electron chi connectivity index (χ0n) is 18.5. The van der Waals surface area contributed by atoms with Crippen molar-refractivity contribution in [2.75, 3.05) is 11.1 Å². The molecule has 2 aromatic carbocycles. The number of rotatable bonds is 9. The molecule has 2 amide bonds. The molecule has 2 aromatic heterocycles. The molecular formula is C21H17FN8O4S2. The molecule has 0 aliphatic rings. The molecule has 0 aliphatic heterocycles. The SMILES string of the molecule is Cc1nnc(NC(=O)CSc2nnc(CNC(=O)c3ccc([N+](=O)[O-])cc3)n2-c2ccc(F)cc2)s1. The molecule has 0 unspecified atom stereocenters. The Kier molecular flexibility index (Phi) is 7.60. The van der Waals surface area contributed by atoms with Crippen LogP contribution in [-0.4, -0.2) is 47.5 Å². The molecular weight excluding hydrogens is 511 g/mol. The second-order valence-electron chi connectivity index (χ2n) is 7.16. The van der Waals surface area contributed by atoms with Gasteiger partial charge in [0.2, 0.25) is 11.0 Å². The predicted octanol–water partition coefficient (Wildman–Crippen LogP) is 3.14. The summed E-state index contributed by atoms with van der Waals surface area (Å²) in [6.07, 6.45) is 0. The lowest BCUT2D eigenvalue weighted by molar-refractivity contribution is -0.384. The number of thioether (sulfide) groups is 1. The number of nitrogens with one attached hydrogen (secondary N) is 2. The summed E-state index contributed by atoms with van der Waals surface area (Å²) in [5.74, 6) is -0.898. The highest BCUT2D eigenvalue weighted by Crippen LogP contribution is 2.23. The van der Waals surface area contributed by atoms with Gasteiger partial charge in [-0.1, -0.05) is 23.1 Å². The normalized spacial score (nSPS) is 10.7. The summed E-state index contributed by atoms with van der Waals surface area (Å²) in [5, 5.41) is 33.6. The van der Waals surface area contributed by atoms with E-state index in [-0.39, 0.29) is 29.5 Å². The smallest absolute Gasteiger partial charge is 0.269 e. The van der Waals surface area contributed by atoms with Gasteiger partial charge in [-0.05, 0) is 43.3 Å². The van der Waals surface area contributed by atoms with Gasteiger partial charge < -0.3 is 5.32 Å². The second-order valence-corrected chi connectivity index (χ2v) is 9.28. The maximum absolute atomic E-state index is 13.5. The van der Waals surface area contributed by atoms with Crippen molar-refractivity contribution >= 4 is 45.7 Å². The third-order valence-electron chi connectivity index (χ3n) is 4.64. The zero-order chi connectivity index (χ0) is 25.7. The second kappa shape index (κ2) is 11.0. The Hall–Kier alpha value is -4.24. The number of aryl methyl sites for hydroxylation is 1. The minimum atomic E-state index is -0.554. The number of nitrogens with zero attached hydrogens (tertiary/aromatic N) is 6. The van der Waals surface area contributed by atoms with Crippen LogP contribution in [0.25, 0.3) is 5.69 Å². The van der Waals surface area contributed by atoms with Crippen molar-refractivity contribution < 1.29 is 18.9 Å². The predicted molar refractivity (Wildman–Crippen MR) is 130 cm³/mol. The average molecular weight is 529 g/mol. The number of non-ortho nitro benzene ring substituents is 1. The van der Waals surface area contributed by atoms with Gasteiger partial charge >= 0.3 is 0 Å². The molecule has 0 radical (unpaired) electrons. The van der Waals surface area contributed by atoms with Crippen LogP contribution < -0.4 is 10.6 Å². The number of nitro groups is 1. The lowest BCUT2D eigenvalue weighted by Crippen LogP contribution is -2.24. The first-order chi connectivity index (χ1) is 17.3. The molecule has 0 spiro atoms. The van der Waals surface area contributed by atoms with Gasteiger partial charge in [0.25, 0.3) is 11.6 Å². The Morgan fingerprint density at radius 2 is 1.81 bits per heavy atom. The highest BCUT2D eigenvalue weighted by Gasteiger charge is 2.18. The monoisotopic (exact) mass is 528 g/mol. The van der Waals surface area contributed by atoms with E-state index in [0.717, 1.165) is 16.8 Å². The molecule has 15 heteroatoms. The zero-order valence-corrected chi connectivity index (χ0v) is 20.2. The minimum absolute atomic E-state index is 0.00684. The van der Waals surface area contributed by atoms with E-state index in [9.17, 15) is 24.1 Å². The molecule has 4 rings (SSSR count). The molecule has 184 valence electrons. The van der Waals surface area contributed by atoms with Gasteiger partial charge in [0.05, 0.1) is 17.2 Å². The molecule has 2 heterocycles. The molecule has 2 N–H and O–H groups in total. The lowest BCUT2D eigenvalue weighted by Gasteiger charge is -2.11. The Bertz CT molecular complexity index is 1410. The maximum Gasteiger partial charge on any atom is 0.269 e. The van der Waals surface area contributed by atoms with Crippen LogP contribution in [0.4, 0.5) is 15.2 Å². The van der Waals surface area contributed by atoms with Gasteiger partial charge in [0.1, 0.15) is 10.8 Å². The third kappa shape index (κ3) is 6.05. The van der Waals surface area contributed by atoms with Crippen LogP contribution in [0, 0.1) is 22.9 Å². The summed E-state index contributed by atoms with van der Waals surface area (Å²) in [6.45, 7) is 1.73. The lowest BCUT2D eigenvalue weighted by atomic mass is 10.2. The first-order valence-corrected chi connectivity index (χ1v) is 12.1. The number of hydrogen-bond acceptors (Lipinski definition) is 10. The number of hydrogen-bond donors (Lipinski definition) is 2. The highest BCUT2D eigenvalue weighted by molar-refractivity contribution is 7.99. The Labute approximate surface area is 211 Å². The highest BCUT2D eigenvalue weighted by atomic mass is 32.2. The third-order valence-corrected chi connectivity index (χ3v) is 6.32. The average Bonchev–Trinajstić information content (AvgIpc) is 3.47. The van der Waals surface area contributed by atoms with Crippen LogP contribution in [0.1, 0.15) is 21.2 Å². The van der Waals surface area contributed by atoms with E-state index in [1.54, 1.807) is 11.5 Å². The number of nitro benzene ring substituents is 1. The largest absolute Gasteiger partial charge is 0.345 e. The maximum atomic E-state index is 13.5. The first-order valence-electron chi connectivity index (χ1n) is 10.3. The van der Waals surface area contributed by atoms with Crippen molar-refractivity contribution in [2.45, 2.75) is 18.6 Å². The molecule has 0 fully saturated rings. The first kappa shape index (κ1) is 24.9. The van der Waals surface area contributed by atoms with Gasteiger partial charge in [-0.25, -0.2) is 4.39 Å². The molecule has 0 bridgehead atoms. The van der Waals surface area contributed by atoms with Crippen LogP contribution in [0.15, 0.2) is 53.7 Å². The number of aromatic nitrogens is 5. The topological polar surface area (TPSA) is 158 Å². The van der Waals surface area contributed by atoms with E-state index >= 15 is 0 Å². The van der Waals surface area contributed by atoms with Crippen molar-refractivity contribution in [3.8, 4) is 5.69 Å². The molecule has 4 aromatic rings. The molecule has 0 saturated carbocycles. The van der Waals surface area contributed by atoms with Crippen molar-refractivity contribution in [3.05, 3.63) is 80.9 Å². The van der Waals surface area contributed by atoms with Gasteiger partial charge in [0.15, 0.2) is 11.0 Å². The fourth-order valence-electron chi connectivity index (χ4n) is 2.99. The summed E-state index contributed by atoms with van der Waals surface area (Å²) in [5.41, 5.74) is 0.629. The molecule has 0 saturated heterocycles. The summed E-state index contributed by atoms with van der Waals surface area (Å²) >= 11 is 2.35. The van der Waals surface area contributed by atoms with E-state index < -0.39 is 16.6 Å². The number of amides is 2. The fourth-order valence-corrected chi connectivity index (χ4v) is 4.37. The standard InChI is InChI=1S/C21H17FN8O4S2/c1-12-25-27-20(36-12)24-18(31)11-35-21-28-26-17(29(21)15-8-4-14(22)5-9-15)10-23-19(32)13-2-6-16(7-3-13)30(33)34/h2-9H,10-11H2,1H3,(H,23,32)(H,24,27,31). The van der Waals surface area contributed by atoms with E-state index in [4.69, 9.17) is 0 Å². The molecule has 12 nitrogen and oxygen atoms in total. The van der Waals surface area contributed by atoms with Gasteiger partial charge in [-0.2, -0.15) is 0 Å². The van der Waals surface area contributed by atoms with Crippen LogP contribution in [-0.2, 0) is 11.3 Å². The van der Waals surface area contributed by atoms with E-state index in [0.29, 0.717) is 21.8 Å². The number of carbonyl (C=O) groups excluding carboxylic acids is 2. The van der Waals surface area contributed by atoms with Crippen LogP contribution >= 0.6 is 23.1 Å². The van der Waals surface area contributed by atoms with E-state index in [2.05, 4.69) is 31.0 Å². The minimum Gasteiger partial charge on any atom is -0.345 e. The summed E-state index contributed by atoms with van der Waals surface area (Å²) in [6, 6.07) is 10.7. The molecule has 0 atom stereocenters. The number of halogens is 1. The molecule has 0 aliphatic carbocycles. The van der Waals surface area contributed by atoms with E-state index in [1.807, 2.05) is 0 Å².